The van der Waals surface area contributed by atoms with Gasteiger partial charge in [0.2, 0.25) is 0 Å². The number of aromatic nitrogens is 1. The molecule has 3 nitrogen and oxygen atoms in total. The van der Waals surface area contributed by atoms with E-state index in [0.29, 0.717) is 6.04 Å². The largest absolute Gasteiger partial charge is 0.397 e. The van der Waals surface area contributed by atoms with E-state index >= 15 is 0 Å². The van der Waals surface area contributed by atoms with E-state index in [2.05, 4.69) is 23.9 Å². The van der Waals surface area contributed by atoms with E-state index in [0.717, 1.165) is 23.8 Å². The number of nitrogens with zero attached hydrogens (tertiary/aromatic N) is 2. The summed E-state index contributed by atoms with van der Waals surface area (Å²) >= 11 is 0. The van der Waals surface area contributed by atoms with Gasteiger partial charge in [-0.05, 0) is 37.9 Å². The Morgan fingerprint density at radius 1 is 1.41 bits per heavy atom. The van der Waals surface area contributed by atoms with Crippen LogP contribution < -0.4 is 5.73 Å². The van der Waals surface area contributed by atoms with E-state index < -0.39 is 0 Å². The summed E-state index contributed by atoms with van der Waals surface area (Å²) in [7, 11) is 2.20. The van der Waals surface area contributed by atoms with Gasteiger partial charge in [-0.15, -0.1) is 0 Å². The molecule has 1 aliphatic rings. The zero-order valence-corrected chi connectivity index (χ0v) is 10.9. The van der Waals surface area contributed by atoms with Crippen molar-refractivity contribution < 1.29 is 0 Å². The van der Waals surface area contributed by atoms with Crippen LogP contribution in [0.25, 0.3) is 0 Å². The van der Waals surface area contributed by atoms with Crippen molar-refractivity contribution in [2.75, 3.05) is 12.8 Å². The van der Waals surface area contributed by atoms with Gasteiger partial charge in [-0.2, -0.15) is 0 Å². The molecule has 1 heterocycles. The highest BCUT2D eigenvalue weighted by molar-refractivity contribution is 5.41. The van der Waals surface area contributed by atoms with Crippen LogP contribution in [0.3, 0.4) is 0 Å². The van der Waals surface area contributed by atoms with Crippen molar-refractivity contribution in [1.29, 1.82) is 0 Å². The monoisotopic (exact) mass is 233 g/mol. The minimum atomic E-state index is 0.685. The molecule has 0 aromatic carbocycles. The minimum Gasteiger partial charge on any atom is -0.397 e. The molecule has 2 unspecified atom stereocenters. The Hall–Kier alpha value is -1.09. The third-order valence-corrected chi connectivity index (χ3v) is 3.96. The average molecular weight is 233 g/mol. The molecule has 2 atom stereocenters. The molecule has 1 saturated carbocycles. The molecule has 94 valence electrons. The molecule has 0 spiro atoms. The molecule has 17 heavy (non-hydrogen) atoms. The first kappa shape index (κ1) is 12.4. The lowest BCUT2D eigenvalue weighted by molar-refractivity contribution is 0.132. The summed E-state index contributed by atoms with van der Waals surface area (Å²) < 4.78 is 0. The predicted molar refractivity (Wildman–Crippen MR) is 71.5 cm³/mol. The third kappa shape index (κ3) is 2.97. The lowest BCUT2D eigenvalue weighted by Crippen LogP contribution is -2.38. The highest BCUT2D eigenvalue weighted by Gasteiger charge is 2.25. The van der Waals surface area contributed by atoms with Crippen LogP contribution in [-0.4, -0.2) is 23.0 Å². The summed E-state index contributed by atoms with van der Waals surface area (Å²) in [6.45, 7) is 3.23. The number of hydrogen-bond acceptors (Lipinski definition) is 3. The Bertz CT molecular complexity index is 364. The summed E-state index contributed by atoms with van der Waals surface area (Å²) in [4.78, 5) is 6.79. The lowest BCUT2D eigenvalue weighted by Gasteiger charge is -2.36. The van der Waals surface area contributed by atoms with E-state index in [-0.39, 0.29) is 0 Å². The fourth-order valence-electron chi connectivity index (χ4n) is 2.89. The van der Waals surface area contributed by atoms with Crippen molar-refractivity contribution in [2.45, 2.75) is 45.2 Å². The molecule has 1 aromatic rings. The Kier molecular flexibility index (Phi) is 4.00. The van der Waals surface area contributed by atoms with Gasteiger partial charge >= 0.3 is 0 Å². The highest BCUT2D eigenvalue weighted by atomic mass is 15.1. The lowest BCUT2D eigenvalue weighted by atomic mass is 9.85. The van der Waals surface area contributed by atoms with Gasteiger partial charge in [0, 0.05) is 18.8 Å². The molecule has 0 amide bonds. The van der Waals surface area contributed by atoms with Gasteiger partial charge in [-0.1, -0.05) is 19.8 Å². The van der Waals surface area contributed by atoms with Gasteiger partial charge in [0.1, 0.15) is 0 Å². The standard InChI is InChI=1S/C14H23N3/c1-11-6-3-4-8-14(11)17(2)10-13-12(15)7-5-9-16-13/h5,7,9,11,14H,3-4,6,8,10,15H2,1-2H3. The first-order valence-electron chi connectivity index (χ1n) is 6.58. The smallest absolute Gasteiger partial charge is 0.0772 e. The van der Waals surface area contributed by atoms with Gasteiger partial charge < -0.3 is 5.73 Å². The number of nitrogens with two attached hydrogens (primary N) is 1. The second-order valence-electron chi connectivity index (χ2n) is 5.28. The Morgan fingerprint density at radius 3 is 2.88 bits per heavy atom. The van der Waals surface area contributed by atoms with Gasteiger partial charge in [-0.25, -0.2) is 0 Å². The van der Waals surface area contributed by atoms with Crippen LogP contribution in [0.1, 0.15) is 38.3 Å². The number of nitrogen functional groups attached to an aromatic ring is 1. The minimum absolute atomic E-state index is 0.685. The van der Waals surface area contributed by atoms with Crippen LogP contribution in [0.2, 0.25) is 0 Å². The third-order valence-electron chi connectivity index (χ3n) is 3.96. The zero-order chi connectivity index (χ0) is 12.3. The molecule has 3 heteroatoms. The summed E-state index contributed by atoms with van der Waals surface area (Å²) in [5.41, 5.74) is 7.76. The molecular weight excluding hydrogens is 210 g/mol. The van der Waals surface area contributed by atoms with Crippen LogP contribution >= 0.6 is 0 Å². The summed E-state index contributed by atoms with van der Waals surface area (Å²) in [5.74, 6) is 0.790. The Morgan fingerprint density at radius 2 is 2.18 bits per heavy atom. The van der Waals surface area contributed by atoms with Crippen LogP contribution in [0.4, 0.5) is 5.69 Å². The maximum absolute atomic E-state index is 5.94. The SMILES string of the molecule is CC1CCCCC1N(C)Cc1ncccc1N. The van der Waals surface area contributed by atoms with Crippen LogP contribution in [0.15, 0.2) is 18.3 Å². The van der Waals surface area contributed by atoms with Crippen molar-refractivity contribution in [2.24, 2.45) is 5.92 Å². The fourth-order valence-corrected chi connectivity index (χ4v) is 2.89. The van der Waals surface area contributed by atoms with E-state index in [9.17, 15) is 0 Å². The van der Waals surface area contributed by atoms with E-state index in [1.807, 2.05) is 18.3 Å². The molecule has 2 rings (SSSR count). The van der Waals surface area contributed by atoms with Crippen LogP contribution in [-0.2, 0) is 6.54 Å². The summed E-state index contributed by atoms with van der Waals surface area (Å²) in [5, 5.41) is 0. The van der Waals surface area contributed by atoms with Crippen molar-refractivity contribution in [3.8, 4) is 0 Å². The average Bonchev–Trinajstić information content (AvgIpc) is 2.32. The van der Waals surface area contributed by atoms with Gasteiger partial charge in [0.05, 0.1) is 11.4 Å². The summed E-state index contributed by atoms with van der Waals surface area (Å²) in [6, 6.07) is 4.51. The second-order valence-corrected chi connectivity index (χ2v) is 5.28. The quantitative estimate of drug-likeness (QED) is 0.872. The van der Waals surface area contributed by atoms with E-state index in [4.69, 9.17) is 5.73 Å². The molecule has 0 aliphatic heterocycles. The molecule has 1 fully saturated rings. The molecule has 1 aromatic heterocycles. The van der Waals surface area contributed by atoms with Crippen molar-refractivity contribution in [1.82, 2.24) is 9.88 Å². The Balaban J connectivity index is 2.01. The van der Waals surface area contributed by atoms with Gasteiger partial charge in [-0.3, -0.25) is 9.88 Å². The molecule has 2 N–H and O–H groups in total. The highest BCUT2D eigenvalue weighted by Crippen LogP contribution is 2.28. The normalized spacial score (nSPS) is 25.1. The molecule has 0 saturated heterocycles. The van der Waals surface area contributed by atoms with Crippen molar-refractivity contribution in [3.63, 3.8) is 0 Å². The number of hydrogen-bond donors (Lipinski definition) is 1. The summed E-state index contributed by atoms with van der Waals surface area (Å²) in [6.07, 6.45) is 7.23. The molecule has 1 aliphatic carbocycles. The maximum Gasteiger partial charge on any atom is 0.0772 e. The van der Waals surface area contributed by atoms with Gasteiger partial charge in [0.25, 0.3) is 0 Å². The van der Waals surface area contributed by atoms with Crippen molar-refractivity contribution >= 4 is 5.69 Å². The molecule has 0 bridgehead atoms. The predicted octanol–water partition coefficient (Wildman–Crippen LogP) is 2.67. The fraction of sp³-hybridized carbons (Fsp3) is 0.643. The van der Waals surface area contributed by atoms with E-state index in [1.165, 1.54) is 25.7 Å². The number of pyridine rings is 1. The first-order chi connectivity index (χ1) is 8.18. The Labute approximate surface area is 104 Å². The number of rotatable bonds is 3. The van der Waals surface area contributed by atoms with Crippen LogP contribution in [0.5, 0.6) is 0 Å². The van der Waals surface area contributed by atoms with E-state index in [1.54, 1.807) is 0 Å². The number of anilines is 1. The van der Waals surface area contributed by atoms with Gasteiger partial charge in [0.15, 0.2) is 0 Å². The first-order valence-corrected chi connectivity index (χ1v) is 6.58. The zero-order valence-electron chi connectivity index (χ0n) is 10.9. The molecular formula is C14H23N3. The van der Waals surface area contributed by atoms with Crippen LogP contribution in [0, 0.1) is 5.92 Å². The van der Waals surface area contributed by atoms with Crippen molar-refractivity contribution in [3.05, 3.63) is 24.0 Å². The molecule has 0 radical (unpaired) electrons. The topological polar surface area (TPSA) is 42.2 Å². The second kappa shape index (κ2) is 5.50. The maximum atomic E-state index is 5.94.